The molecule has 3 nitrogen and oxygen atoms in total. The zero-order valence-electron chi connectivity index (χ0n) is 10.4. The first kappa shape index (κ1) is 13.5. The van der Waals surface area contributed by atoms with E-state index in [1.807, 2.05) is 32.0 Å². The smallest absolute Gasteiger partial charge is 0.119 e. The summed E-state index contributed by atoms with van der Waals surface area (Å²) in [5.41, 5.74) is 0.743. The fourth-order valence-electron chi connectivity index (χ4n) is 1.63. The molecule has 3 heteroatoms. The average Bonchev–Trinajstić information content (AvgIpc) is 2.38. The predicted octanol–water partition coefficient (Wildman–Crippen LogP) is 3.06. The Kier molecular flexibility index (Phi) is 5.51. The summed E-state index contributed by atoms with van der Waals surface area (Å²) in [6, 6.07) is 9.45. The van der Waals surface area contributed by atoms with E-state index in [-0.39, 0.29) is 5.92 Å². The van der Waals surface area contributed by atoms with Gasteiger partial charge < -0.3 is 9.84 Å². The molecule has 0 saturated carbocycles. The van der Waals surface area contributed by atoms with Crippen molar-refractivity contribution < 1.29 is 9.84 Å². The molecular weight excluding hydrogens is 214 g/mol. The largest absolute Gasteiger partial charge is 0.494 e. The van der Waals surface area contributed by atoms with E-state index in [2.05, 4.69) is 6.07 Å². The summed E-state index contributed by atoms with van der Waals surface area (Å²) in [5.74, 6) is 0.382. The van der Waals surface area contributed by atoms with E-state index in [9.17, 15) is 5.11 Å². The summed E-state index contributed by atoms with van der Waals surface area (Å²) in [6.45, 7) is 4.60. The van der Waals surface area contributed by atoms with Gasteiger partial charge >= 0.3 is 0 Å². The van der Waals surface area contributed by atoms with Gasteiger partial charge in [0.1, 0.15) is 5.75 Å². The Labute approximate surface area is 103 Å². The lowest BCUT2D eigenvalue weighted by atomic mass is 9.95. The van der Waals surface area contributed by atoms with Crippen LogP contribution in [0.2, 0.25) is 0 Å². The maximum absolute atomic E-state index is 10.1. The number of rotatable bonds is 6. The summed E-state index contributed by atoms with van der Waals surface area (Å²) in [6.07, 6.45) is 0.843. The summed E-state index contributed by atoms with van der Waals surface area (Å²) >= 11 is 0. The summed E-state index contributed by atoms with van der Waals surface area (Å²) in [7, 11) is 0. The van der Waals surface area contributed by atoms with Gasteiger partial charge in [0.15, 0.2) is 0 Å². The van der Waals surface area contributed by atoms with E-state index in [4.69, 9.17) is 10.00 Å². The summed E-state index contributed by atoms with van der Waals surface area (Å²) in [4.78, 5) is 0. The molecule has 2 unspecified atom stereocenters. The molecule has 1 rings (SSSR count). The van der Waals surface area contributed by atoms with Crippen LogP contribution in [0.25, 0.3) is 0 Å². The van der Waals surface area contributed by atoms with Gasteiger partial charge in [-0.2, -0.15) is 5.26 Å². The Balaban J connectivity index is 2.80. The van der Waals surface area contributed by atoms with Crippen molar-refractivity contribution in [2.75, 3.05) is 6.61 Å². The van der Waals surface area contributed by atoms with Crippen LogP contribution in [0.5, 0.6) is 5.75 Å². The molecule has 1 aromatic rings. The van der Waals surface area contributed by atoms with Crippen LogP contribution in [0, 0.1) is 17.2 Å². The number of aliphatic hydroxyl groups is 1. The molecule has 0 fully saturated rings. The fraction of sp³-hybridized carbons (Fsp3) is 0.500. The van der Waals surface area contributed by atoms with Gasteiger partial charge in [0.2, 0.25) is 0 Å². The fourth-order valence-corrected chi connectivity index (χ4v) is 1.63. The number of nitrogens with zero attached hydrogens (tertiary/aromatic N) is 1. The van der Waals surface area contributed by atoms with Crippen molar-refractivity contribution in [3.63, 3.8) is 0 Å². The van der Waals surface area contributed by atoms with Gasteiger partial charge in [-0.25, -0.2) is 0 Å². The lowest BCUT2D eigenvalue weighted by Crippen LogP contribution is -2.10. The molecular formula is C14H19NO2. The van der Waals surface area contributed by atoms with E-state index in [0.717, 1.165) is 17.7 Å². The van der Waals surface area contributed by atoms with E-state index in [1.165, 1.54) is 0 Å². The van der Waals surface area contributed by atoms with Crippen molar-refractivity contribution in [1.29, 1.82) is 5.26 Å². The maximum Gasteiger partial charge on any atom is 0.119 e. The third-order valence-corrected chi connectivity index (χ3v) is 2.66. The van der Waals surface area contributed by atoms with E-state index < -0.39 is 6.10 Å². The van der Waals surface area contributed by atoms with Gasteiger partial charge in [-0.1, -0.05) is 26.0 Å². The second-order valence-electron chi connectivity index (χ2n) is 4.01. The molecule has 0 bridgehead atoms. The minimum Gasteiger partial charge on any atom is -0.494 e. The van der Waals surface area contributed by atoms with Gasteiger partial charge in [0.25, 0.3) is 0 Å². The molecule has 17 heavy (non-hydrogen) atoms. The molecule has 0 aliphatic heterocycles. The van der Waals surface area contributed by atoms with E-state index in [0.29, 0.717) is 13.0 Å². The van der Waals surface area contributed by atoms with Crippen LogP contribution in [0.1, 0.15) is 38.4 Å². The van der Waals surface area contributed by atoms with Crippen LogP contribution in [-0.4, -0.2) is 11.7 Å². The van der Waals surface area contributed by atoms with Crippen LogP contribution < -0.4 is 4.74 Å². The highest BCUT2D eigenvalue weighted by atomic mass is 16.5. The molecule has 92 valence electrons. The minimum atomic E-state index is -0.741. The summed E-state index contributed by atoms with van der Waals surface area (Å²) < 4.78 is 5.50. The SMILES string of the molecule is CCCOc1cccc(C(O)C(C#N)CC)c1. The van der Waals surface area contributed by atoms with Crippen LogP contribution >= 0.6 is 0 Å². The molecule has 1 aromatic carbocycles. The third kappa shape index (κ3) is 3.76. The number of nitriles is 1. The van der Waals surface area contributed by atoms with Crippen LogP contribution in [0.3, 0.4) is 0 Å². The second-order valence-corrected chi connectivity index (χ2v) is 4.01. The lowest BCUT2D eigenvalue weighted by Gasteiger charge is -2.16. The number of hydrogen-bond donors (Lipinski definition) is 1. The number of hydrogen-bond acceptors (Lipinski definition) is 3. The quantitative estimate of drug-likeness (QED) is 0.821. The second kappa shape index (κ2) is 6.93. The highest BCUT2D eigenvalue weighted by molar-refractivity contribution is 5.30. The number of aliphatic hydroxyl groups excluding tert-OH is 1. The Morgan fingerprint density at radius 3 is 2.76 bits per heavy atom. The first-order valence-electron chi connectivity index (χ1n) is 6.03. The lowest BCUT2D eigenvalue weighted by molar-refractivity contribution is 0.132. The van der Waals surface area contributed by atoms with Crippen LogP contribution in [0.4, 0.5) is 0 Å². The third-order valence-electron chi connectivity index (χ3n) is 2.66. The molecule has 0 heterocycles. The molecule has 0 radical (unpaired) electrons. The van der Waals surface area contributed by atoms with Gasteiger partial charge in [-0.3, -0.25) is 0 Å². The van der Waals surface area contributed by atoms with Gasteiger partial charge in [0, 0.05) is 0 Å². The van der Waals surface area contributed by atoms with Crippen LogP contribution in [-0.2, 0) is 0 Å². The highest BCUT2D eigenvalue weighted by Gasteiger charge is 2.18. The zero-order valence-corrected chi connectivity index (χ0v) is 10.4. The Morgan fingerprint density at radius 1 is 1.41 bits per heavy atom. The van der Waals surface area contributed by atoms with E-state index >= 15 is 0 Å². The Bertz CT molecular complexity index is 384. The normalized spacial score (nSPS) is 13.8. The van der Waals surface area contributed by atoms with Gasteiger partial charge in [0.05, 0.1) is 24.7 Å². The van der Waals surface area contributed by atoms with Crippen LogP contribution in [0.15, 0.2) is 24.3 Å². The molecule has 1 N–H and O–H groups in total. The average molecular weight is 233 g/mol. The molecule has 0 aliphatic carbocycles. The first-order valence-corrected chi connectivity index (χ1v) is 6.03. The van der Waals surface area contributed by atoms with E-state index in [1.54, 1.807) is 6.07 Å². The van der Waals surface area contributed by atoms with Gasteiger partial charge in [-0.15, -0.1) is 0 Å². The molecule has 0 amide bonds. The topological polar surface area (TPSA) is 53.2 Å². The van der Waals surface area contributed by atoms with Crippen molar-refractivity contribution in [3.8, 4) is 11.8 Å². The molecule has 0 saturated heterocycles. The molecule has 0 aromatic heterocycles. The Hall–Kier alpha value is -1.53. The van der Waals surface area contributed by atoms with Crippen molar-refractivity contribution in [2.45, 2.75) is 32.8 Å². The molecule has 2 atom stereocenters. The van der Waals surface area contributed by atoms with Gasteiger partial charge in [-0.05, 0) is 30.5 Å². The zero-order chi connectivity index (χ0) is 12.7. The number of ether oxygens (including phenoxy) is 1. The molecule has 0 spiro atoms. The predicted molar refractivity (Wildman–Crippen MR) is 66.6 cm³/mol. The Morgan fingerprint density at radius 2 is 2.18 bits per heavy atom. The molecule has 0 aliphatic rings. The first-order chi connectivity index (χ1) is 8.22. The minimum absolute atomic E-state index is 0.364. The van der Waals surface area contributed by atoms with Crippen molar-refractivity contribution in [1.82, 2.24) is 0 Å². The van der Waals surface area contributed by atoms with Crippen molar-refractivity contribution in [2.24, 2.45) is 5.92 Å². The summed E-state index contributed by atoms with van der Waals surface area (Å²) in [5, 5.41) is 19.0. The standard InChI is InChI=1S/C14H19NO2/c1-3-8-17-13-7-5-6-12(9-13)14(16)11(4-2)10-15/h5-7,9,11,14,16H,3-4,8H2,1-2H3. The highest BCUT2D eigenvalue weighted by Crippen LogP contribution is 2.26. The van der Waals surface area contributed by atoms with Crippen molar-refractivity contribution in [3.05, 3.63) is 29.8 Å². The number of benzene rings is 1. The monoisotopic (exact) mass is 233 g/mol. The van der Waals surface area contributed by atoms with Crippen molar-refractivity contribution >= 4 is 0 Å². The maximum atomic E-state index is 10.1.